The SMILES string of the molecule is CN=C(NCCC(F)(F)F)N1CCc2ccccc21. The molecule has 0 saturated heterocycles. The number of nitrogens with zero attached hydrogens (tertiary/aromatic N) is 2. The zero-order valence-electron chi connectivity index (χ0n) is 10.7. The van der Waals surface area contributed by atoms with Gasteiger partial charge in [-0.15, -0.1) is 0 Å². The quantitative estimate of drug-likeness (QED) is 0.661. The summed E-state index contributed by atoms with van der Waals surface area (Å²) < 4.78 is 36.4. The maximum absolute atomic E-state index is 12.1. The van der Waals surface area contributed by atoms with Crippen LogP contribution in [0.15, 0.2) is 29.3 Å². The Bertz CT molecular complexity index is 468. The van der Waals surface area contributed by atoms with E-state index in [9.17, 15) is 13.2 Å². The van der Waals surface area contributed by atoms with Crippen LogP contribution in [-0.2, 0) is 6.42 Å². The number of halogens is 3. The number of fused-ring (bicyclic) bond motifs is 1. The minimum Gasteiger partial charge on any atom is -0.356 e. The van der Waals surface area contributed by atoms with Gasteiger partial charge in [0.2, 0.25) is 0 Å². The first-order valence-electron chi connectivity index (χ1n) is 6.14. The van der Waals surface area contributed by atoms with Crippen molar-refractivity contribution in [3.8, 4) is 0 Å². The summed E-state index contributed by atoms with van der Waals surface area (Å²) >= 11 is 0. The van der Waals surface area contributed by atoms with E-state index in [0.717, 1.165) is 18.7 Å². The summed E-state index contributed by atoms with van der Waals surface area (Å²) in [5.41, 5.74) is 2.21. The highest BCUT2D eigenvalue weighted by Crippen LogP contribution is 2.27. The number of para-hydroxylation sites is 1. The average Bonchev–Trinajstić information content (AvgIpc) is 2.77. The lowest BCUT2D eigenvalue weighted by atomic mass is 10.2. The van der Waals surface area contributed by atoms with Gasteiger partial charge in [0.05, 0.1) is 6.42 Å². The molecule has 1 aliphatic rings. The second-order valence-corrected chi connectivity index (χ2v) is 4.37. The lowest BCUT2D eigenvalue weighted by Gasteiger charge is -2.22. The van der Waals surface area contributed by atoms with Gasteiger partial charge in [0.1, 0.15) is 0 Å². The Morgan fingerprint density at radius 3 is 2.79 bits per heavy atom. The molecule has 6 heteroatoms. The molecule has 0 aliphatic carbocycles. The van der Waals surface area contributed by atoms with Crippen molar-refractivity contribution < 1.29 is 13.2 Å². The molecule has 0 fully saturated rings. The van der Waals surface area contributed by atoms with Crippen molar-refractivity contribution in [1.29, 1.82) is 0 Å². The Balaban J connectivity index is 2.01. The number of guanidine groups is 1. The van der Waals surface area contributed by atoms with Crippen LogP contribution in [0.1, 0.15) is 12.0 Å². The van der Waals surface area contributed by atoms with Gasteiger partial charge in [0.15, 0.2) is 5.96 Å². The molecule has 0 radical (unpaired) electrons. The Morgan fingerprint density at radius 1 is 1.37 bits per heavy atom. The molecular weight excluding hydrogens is 255 g/mol. The highest BCUT2D eigenvalue weighted by Gasteiger charge is 2.27. The minimum absolute atomic E-state index is 0.158. The van der Waals surface area contributed by atoms with E-state index < -0.39 is 12.6 Å². The molecule has 1 N–H and O–H groups in total. The van der Waals surface area contributed by atoms with E-state index in [0.29, 0.717) is 5.96 Å². The number of alkyl halides is 3. The number of hydrogen-bond acceptors (Lipinski definition) is 1. The Morgan fingerprint density at radius 2 is 2.11 bits per heavy atom. The van der Waals surface area contributed by atoms with Crippen LogP contribution in [0.4, 0.5) is 18.9 Å². The van der Waals surface area contributed by atoms with Crippen LogP contribution >= 0.6 is 0 Å². The summed E-state index contributed by atoms with van der Waals surface area (Å²) in [6, 6.07) is 7.86. The van der Waals surface area contributed by atoms with Crippen LogP contribution in [0.25, 0.3) is 0 Å². The highest BCUT2D eigenvalue weighted by molar-refractivity contribution is 5.97. The van der Waals surface area contributed by atoms with E-state index in [1.54, 1.807) is 7.05 Å². The predicted octanol–water partition coefficient (Wildman–Crippen LogP) is 2.58. The van der Waals surface area contributed by atoms with Crippen molar-refractivity contribution in [3.63, 3.8) is 0 Å². The van der Waals surface area contributed by atoms with Gasteiger partial charge in [0, 0.05) is 25.8 Å². The molecule has 0 saturated carbocycles. The molecule has 0 bridgehead atoms. The third-order valence-corrected chi connectivity index (χ3v) is 3.05. The van der Waals surface area contributed by atoms with Crippen LogP contribution < -0.4 is 10.2 Å². The second kappa shape index (κ2) is 5.50. The van der Waals surface area contributed by atoms with E-state index in [4.69, 9.17) is 0 Å². The Kier molecular flexibility index (Phi) is 3.97. The largest absolute Gasteiger partial charge is 0.390 e. The average molecular weight is 271 g/mol. The van der Waals surface area contributed by atoms with Gasteiger partial charge in [-0.3, -0.25) is 4.99 Å². The summed E-state index contributed by atoms with van der Waals surface area (Å²) in [5, 5.41) is 2.76. The first-order chi connectivity index (χ1) is 9.01. The first kappa shape index (κ1) is 13.7. The predicted molar refractivity (Wildman–Crippen MR) is 69.5 cm³/mol. The molecule has 104 valence electrons. The van der Waals surface area contributed by atoms with Crippen LogP contribution in [0.5, 0.6) is 0 Å². The Hall–Kier alpha value is -1.72. The van der Waals surface area contributed by atoms with E-state index >= 15 is 0 Å². The summed E-state index contributed by atoms with van der Waals surface area (Å²) in [5.74, 6) is 0.495. The number of aliphatic imine (C=N–C) groups is 1. The summed E-state index contributed by atoms with van der Waals surface area (Å²) in [6.45, 7) is 0.583. The summed E-state index contributed by atoms with van der Waals surface area (Å²) in [6.07, 6.45) is -4.12. The molecular formula is C13H16F3N3. The van der Waals surface area contributed by atoms with Gasteiger partial charge in [-0.2, -0.15) is 13.2 Å². The van der Waals surface area contributed by atoms with Crippen molar-refractivity contribution in [1.82, 2.24) is 5.32 Å². The number of anilines is 1. The maximum atomic E-state index is 12.1. The number of hydrogen-bond donors (Lipinski definition) is 1. The molecule has 2 rings (SSSR count). The molecule has 0 unspecified atom stereocenters. The molecule has 1 aromatic rings. The third kappa shape index (κ3) is 3.39. The normalized spacial score (nSPS) is 15.6. The molecule has 19 heavy (non-hydrogen) atoms. The van der Waals surface area contributed by atoms with Crippen molar-refractivity contribution in [2.75, 3.05) is 25.0 Å². The van der Waals surface area contributed by atoms with E-state index in [1.807, 2.05) is 29.2 Å². The standard InChI is InChI=1S/C13H16F3N3/c1-17-12(18-8-7-13(14,15)16)19-9-6-10-4-2-3-5-11(10)19/h2-5H,6-9H2,1H3,(H,17,18). The van der Waals surface area contributed by atoms with Gasteiger partial charge in [0.25, 0.3) is 0 Å². The molecule has 1 aromatic carbocycles. The van der Waals surface area contributed by atoms with E-state index in [2.05, 4.69) is 10.3 Å². The fourth-order valence-electron chi connectivity index (χ4n) is 2.17. The number of nitrogens with one attached hydrogen (secondary N) is 1. The fourth-order valence-corrected chi connectivity index (χ4v) is 2.17. The van der Waals surface area contributed by atoms with Crippen LogP contribution in [0, 0.1) is 0 Å². The molecule has 0 aromatic heterocycles. The minimum atomic E-state index is -4.14. The summed E-state index contributed by atoms with van der Waals surface area (Å²) in [4.78, 5) is 5.97. The maximum Gasteiger partial charge on any atom is 0.390 e. The monoisotopic (exact) mass is 271 g/mol. The van der Waals surface area contributed by atoms with Crippen molar-refractivity contribution in [2.45, 2.75) is 19.0 Å². The van der Waals surface area contributed by atoms with Gasteiger partial charge in [-0.25, -0.2) is 0 Å². The highest BCUT2D eigenvalue weighted by atomic mass is 19.4. The topological polar surface area (TPSA) is 27.6 Å². The molecule has 0 spiro atoms. The van der Waals surface area contributed by atoms with E-state index in [1.165, 1.54) is 5.56 Å². The molecule has 0 amide bonds. The van der Waals surface area contributed by atoms with Gasteiger partial charge in [-0.1, -0.05) is 18.2 Å². The smallest absolute Gasteiger partial charge is 0.356 e. The molecule has 3 nitrogen and oxygen atoms in total. The van der Waals surface area contributed by atoms with Crippen LogP contribution in [0.3, 0.4) is 0 Å². The van der Waals surface area contributed by atoms with Gasteiger partial charge in [-0.05, 0) is 18.1 Å². The molecule has 1 aliphatic heterocycles. The number of rotatable bonds is 2. The van der Waals surface area contributed by atoms with Crippen LogP contribution in [-0.4, -0.2) is 32.3 Å². The lowest BCUT2D eigenvalue weighted by molar-refractivity contribution is -0.132. The second-order valence-electron chi connectivity index (χ2n) is 4.37. The molecule has 1 heterocycles. The lowest BCUT2D eigenvalue weighted by Crippen LogP contribution is -2.41. The zero-order chi connectivity index (χ0) is 13.9. The van der Waals surface area contributed by atoms with Crippen molar-refractivity contribution in [2.24, 2.45) is 4.99 Å². The van der Waals surface area contributed by atoms with Crippen molar-refractivity contribution >= 4 is 11.6 Å². The van der Waals surface area contributed by atoms with Crippen LogP contribution in [0.2, 0.25) is 0 Å². The fraction of sp³-hybridized carbons (Fsp3) is 0.462. The third-order valence-electron chi connectivity index (χ3n) is 3.05. The van der Waals surface area contributed by atoms with Crippen molar-refractivity contribution in [3.05, 3.63) is 29.8 Å². The van der Waals surface area contributed by atoms with Gasteiger partial charge < -0.3 is 10.2 Å². The zero-order valence-corrected chi connectivity index (χ0v) is 10.7. The summed E-state index contributed by atoms with van der Waals surface area (Å²) in [7, 11) is 1.58. The Labute approximate surface area is 110 Å². The molecule has 0 atom stereocenters. The first-order valence-corrected chi connectivity index (χ1v) is 6.14. The van der Waals surface area contributed by atoms with Gasteiger partial charge >= 0.3 is 6.18 Å². The number of benzene rings is 1. The van der Waals surface area contributed by atoms with E-state index in [-0.39, 0.29) is 6.54 Å².